The lowest BCUT2D eigenvalue weighted by Crippen LogP contribution is -2.39. The Morgan fingerprint density at radius 2 is 2.19 bits per heavy atom. The van der Waals surface area contributed by atoms with E-state index in [0.717, 1.165) is 23.1 Å². The molecule has 1 atom stereocenters. The molecule has 1 heterocycles. The smallest absolute Gasteiger partial charge is 0.329 e. The van der Waals surface area contributed by atoms with E-state index in [4.69, 9.17) is 5.14 Å². The SMILES string of the molecule is NS(=O)(=O)c1ccc(N(C(=CF)C(=O)OF)[C@@H]2CCNC2)cc1[N+](=O)[O-]. The second kappa shape index (κ2) is 7.72. The number of nitro benzene ring substituents is 1. The van der Waals surface area contributed by atoms with Crippen molar-refractivity contribution in [3.05, 3.63) is 40.3 Å². The number of nitro groups is 1. The fraction of sp³-hybridized carbons (Fsp3) is 0.308. The Morgan fingerprint density at radius 1 is 1.50 bits per heavy atom. The minimum absolute atomic E-state index is 0.105. The predicted octanol–water partition coefficient (Wildman–Crippen LogP) is 0.649. The van der Waals surface area contributed by atoms with E-state index in [0.29, 0.717) is 13.0 Å². The van der Waals surface area contributed by atoms with Gasteiger partial charge < -0.3 is 10.2 Å². The maximum absolute atomic E-state index is 13.3. The number of carbonyl (C=O) groups is 1. The van der Waals surface area contributed by atoms with Crippen LogP contribution in [0, 0.1) is 10.1 Å². The van der Waals surface area contributed by atoms with Crippen molar-refractivity contribution in [3.63, 3.8) is 0 Å². The molecule has 1 fully saturated rings. The van der Waals surface area contributed by atoms with Gasteiger partial charge in [0.15, 0.2) is 10.6 Å². The van der Waals surface area contributed by atoms with Gasteiger partial charge in [-0.25, -0.2) is 27.7 Å². The summed E-state index contributed by atoms with van der Waals surface area (Å²) in [5.74, 6) is -1.64. The summed E-state index contributed by atoms with van der Waals surface area (Å²) < 4.78 is 48.6. The van der Waals surface area contributed by atoms with E-state index in [1.165, 1.54) is 0 Å². The van der Waals surface area contributed by atoms with E-state index >= 15 is 0 Å². The Hall–Kier alpha value is -2.64. The summed E-state index contributed by atoms with van der Waals surface area (Å²) in [4.78, 5) is 25.1. The summed E-state index contributed by atoms with van der Waals surface area (Å²) in [5, 5.41) is 19.1. The van der Waals surface area contributed by atoms with E-state index in [1.54, 1.807) is 0 Å². The number of hydrogen-bond donors (Lipinski definition) is 2. The van der Waals surface area contributed by atoms with Gasteiger partial charge in [-0.05, 0) is 25.1 Å². The summed E-state index contributed by atoms with van der Waals surface area (Å²) in [6.45, 7) is 0.768. The van der Waals surface area contributed by atoms with Crippen LogP contribution < -0.4 is 15.4 Å². The number of primary sulfonamides is 1. The van der Waals surface area contributed by atoms with Crippen molar-refractivity contribution in [2.24, 2.45) is 5.14 Å². The van der Waals surface area contributed by atoms with Crippen molar-refractivity contribution in [3.8, 4) is 0 Å². The molecular weight excluding hydrogens is 378 g/mol. The van der Waals surface area contributed by atoms with Crippen LogP contribution >= 0.6 is 0 Å². The summed E-state index contributed by atoms with van der Waals surface area (Å²) in [7, 11) is -4.40. The number of nitrogens with one attached hydrogen (secondary N) is 1. The van der Waals surface area contributed by atoms with Crippen molar-refractivity contribution in [1.82, 2.24) is 5.32 Å². The monoisotopic (exact) mass is 392 g/mol. The molecule has 1 saturated heterocycles. The minimum Gasteiger partial charge on any atom is -0.329 e. The quantitative estimate of drug-likeness (QED) is 0.408. The zero-order chi connectivity index (χ0) is 19.5. The highest BCUT2D eigenvalue weighted by atomic mass is 32.2. The van der Waals surface area contributed by atoms with Gasteiger partial charge in [0, 0.05) is 28.9 Å². The molecule has 0 unspecified atom stereocenters. The van der Waals surface area contributed by atoms with Crippen LogP contribution in [0.3, 0.4) is 0 Å². The summed E-state index contributed by atoms with van der Waals surface area (Å²) in [6, 6.07) is 2.21. The van der Waals surface area contributed by atoms with Crippen LogP contribution in [-0.4, -0.2) is 38.4 Å². The highest BCUT2D eigenvalue weighted by Gasteiger charge is 2.33. The lowest BCUT2D eigenvalue weighted by molar-refractivity contribution is -0.387. The highest BCUT2D eigenvalue weighted by Crippen LogP contribution is 2.32. The largest absolute Gasteiger partial charge is 0.398 e. The number of carbonyl (C=O) groups excluding carboxylic acids is 1. The van der Waals surface area contributed by atoms with Crippen LogP contribution in [0.1, 0.15) is 6.42 Å². The molecule has 26 heavy (non-hydrogen) atoms. The van der Waals surface area contributed by atoms with Gasteiger partial charge in [-0.15, -0.1) is 0 Å². The van der Waals surface area contributed by atoms with Crippen molar-refractivity contribution in [2.45, 2.75) is 17.4 Å². The summed E-state index contributed by atoms with van der Waals surface area (Å²) in [6.07, 6.45) is 0.210. The molecule has 0 radical (unpaired) electrons. The average molecular weight is 392 g/mol. The molecule has 2 rings (SSSR count). The maximum atomic E-state index is 13.3. The molecule has 0 aromatic heterocycles. The average Bonchev–Trinajstić information content (AvgIpc) is 3.11. The van der Waals surface area contributed by atoms with Crippen LogP contribution in [0.5, 0.6) is 0 Å². The van der Waals surface area contributed by atoms with E-state index in [-0.39, 0.29) is 18.6 Å². The molecule has 0 saturated carbocycles. The predicted molar refractivity (Wildman–Crippen MR) is 84.6 cm³/mol. The van der Waals surface area contributed by atoms with E-state index in [2.05, 4.69) is 10.3 Å². The van der Waals surface area contributed by atoms with Crippen molar-refractivity contribution < 1.29 is 32.0 Å². The van der Waals surface area contributed by atoms with Gasteiger partial charge in [0.2, 0.25) is 10.0 Å². The Bertz CT molecular complexity index is 854. The third kappa shape index (κ3) is 3.95. The van der Waals surface area contributed by atoms with Gasteiger partial charge in [0.1, 0.15) is 6.33 Å². The Morgan fingerprint density at radius 3 is 2.65 bits per heavy atom. The number of anilines is 1. The fourth-order valence-corrected chi connectivity index (χ4v) is 3.36. The number of hydrogen-bond acceptors (Lipinski definition) is 8. The second-order valence-electron chi connectivity index (χ2n) is 5.33. The van der Waals surface area contributed by atoms with E-state index in [1.807, 2.05) is 0 Å². The molecule has 1 aromatic carbocycles. The molecule has 1 aliphatic rings. The Kier molecular flexibility index (Phi) is 5.84. The van der Waals surface area contributed by atoms with Crippen LogP contribution in [0.25, 0.3) is 0 Å². The molecule has 10 nitrogen and oxygen atoms in total. The third-order valence-electron chi connectivity index (χ3n) is 3.77. The van der Waals surface area contributed by atoms with Crippen molar-refractivity contribution in [2.75, 3.05) is 18.0 Å². The zero-order valence-electron chi connectivity index (χ0n) is 13.1. The van der Waals surface area contributed by atoms with Crippen molar-refractivity contribution >= 4 is 27.4 Å². The standard InChI is InChI=1S/C13H14F2N4O6S/c14-6-11(13(20)25-15)18(9-3-4-17-7-9)8-1-2-12(26(16,23)24)10(5-8)19(21)22/h1-2,5-6,9,17H,3-4,7H2,(H2,16,23,24)/t9-/m1/s1. The Balaban J connectivity index is 2.63. The molecule has 3 N–H and O–H groups in total. The first-order valence-electron chi connectivity index (χ1n) is 7.15. The van der Waals surface area contributed by atoms with Gasteiger partial charge in [0.25, 0.3) is 5.69 Å². The van der Waals surface area contributed by atoms with E-state index < -0.39 is 43.2 Å². The number of nitrogens with zero attached hydrogens (tertiary/aromatic N) is 2. The van der Waals surface area contributed by atoms with Gasteiger partial charge >= 0.3 is 5.97 Å². The highest BCUT2D eigenvalue weighted by molar-refractivity contribution is 7.89. The summed E-state index contributed by atoms with van der Waals surface area (Å²) >= 11 is 0. The fourth-order valence-electron chi connectivity index (χ4n) is 2.68. The van der Waals surface area contributed by atoms with Gasteiger partial charge in [-0.2, -0.15) is 0 Å². The van der Waals surface area contributed by atoms with Crippen LogP contribution in [0.15, 0.2) is 35.1 Å². The van der Waals surface area contributed by atoms with Crippen molar-refractivity contribution in [1.29, 1.82) is 0 Å². The van der Waals surface area contributed by atoms with Gasteiger partial charge in [0.05, 0.1) is 4.92 Å². The first kappa shape index (κ1) is 19.7. The summed E-state index contributed by atoms with van der Waals surface area (Å²) in [5.41, 5.74) is -1.81. The number of benzene rings is 1. The normalized spacial score (nSPS) is 17.8. The van der Waals surface area contributed by atoms with E-state index in [9.17, 15) is 32.2 Å². The second-order valence-corrected chi connectivity index (χ2v) is 6.86. The third-order valence-corrected chi connectivity index (χ3v) is 4.72. The first-order valence-corrected chi connectivity index (χ1v) is 8.69. The van der Waals surface area contributed by atoms with Crippen LogP contribution in [0.4, 0.5) is 20.3 Å². The van der Waals surface area contributed by atoms with Crippen LogP contribution in [0.2, 0.25) is 0 Å². The molecule has 13 heteroatoms. The maximum Gasteiger partial charge on any atom is 0.398 e. The molecule has 1 aliphatic heterocycles. The number of sulfonamides is 1. The molecule has 142 valence electrons. The van der Waals surface area contributed by atoms with Crippen LogP contribution in [-0.2, 0) is 19.8 Å². The molecular formula is C13H14F2N4O6S. The van der Waals surface area contributed by atoms with Gasteiger partial charge in [-0.3, -0.25) is 10.1 Å². The molecule has 0 spiro atoms. The first-order chi connectivity index (χ1) is 12.2. The lowest BCUT2D eigenvalue weighted by atomic mass is 10.1. The molecule has 0 amide bonds. The van der Waals surface area contributed by atoms with Gasteiger partial charge in [-0.1, -0.05) is 0 Å². The molecule has 1 aromatic rings. The zero-order valence-corrected chi connectivity index (χ0v) is 13.9. The Labute approximate surface area is 146 Å². The molecule has 0 bridgehead atoms. The number of rotatable bonds is 6. The minimum atomic E-state index is -4.40. The lowest BCUT2D eigenvalue weighted by Gasteiger charge is -2.30. The topological polar surface area (TPSA) is 145 Å². The number of nitrogens with two attached hydrogens (primary N) is 1. The number of halogens is 2. The molecule has 0 aliphatic carbocycles.